The first-order chi connectivity index (χ1) is 10.2. The Labute approximate surface area is 128 Å². The van der Waals surface area contributed by atoms with Gasteiger partial charge in [0.15, 0.2) is 0 Å². The van der Waals surface area contributed by atoms with Crippen LogP contribution in [0, 0.1) is 0 Å². The van der Waals surface area contributed by atoms with Gasteiger partial charge in [0.2, 0.25) is 5.91 Å². The number of hydrogen-bond donors (Lipinski definition) is 2. The summed E-state index contributed by atoms with van der Waals surface area (Å²) in [4.78, 5) is 17.5. The lowest BCUT2D eigenvalue weighted by atomic mass is 10.0. The maximum atomic E-state index is 12.7. The third kappa shape index (κ3) is 3.76. The maximum absolute atomic E-state index is 12.7. The highest BCUT2D eigenvalue weighted by Gasteiger charge is 2.36. The molecule has 1 amide bonds. The zero-order valence-corrected chi connectivity index (χ0v) is 13.3. The number of amides is 1. The molecule has 120 valence electrons. The number of likely N-dealkylation sites (tertiary alicyclic amines) is 2. The molecule has 3 fully saturated rings. The van der Waals surface area contributed by atoms with Gasteiger partial charge in [-0.25, -0.2) is 0 Å². The molecular formula is C16H30N4O. The summed E-state index contributed by atoms with van der Waals surface area (Å²) < 4.78 is 0. The van der Waals surface area contributed by atoms with Crippen LogP contribution in [0.2, 0.25) is 0 Å². The average Bonchev–Trinajstić information content (AvgIpc) is 2.98. The molecule has 2 unspecified atom stereocenters. The topological polar surface area (TPSA) is 47.6 Å². The maximum Gasteiger partial charge on any atom is 0.237 e. The molecule has 3 rings (SSSR count). The van der Waals surface area contributed by atoms with Gasteiger partial charge in [0.05, 0.1) is 6.04 Å². The lowest BCUT2D eigenvalue weighted by Gasteiger charge is -2.36. The smallest absolute Gasteiger partial charge is 0.237 e. The van der Waals surface area contributed by atoms with Crippen LogP contribution < -0.4 is 10.6 Å². The van der Waals surface area contributed by atoms with Crippen molar-refractivity contribution in [3.05, 3.63) is 0 Å². The van der Waals surface area contributed by atoms with E-state index >= 15 is 0 Å². The molecule has 5 nitrogen and oxygen atoms in total. The summed E-state index contributed by atoms with van der Waals surface area (Å²) in [6.45, 7) is 5.47. The molecule has 2 atom stereocenters. The Hall–Kier alpha value is -0.650. The Morgan fingerprint density at radius 1 is 1.10 bits per heavy atom. The van der Waals surface area contributed by atoms with E-state index in [1.807, 2.05) is 0 Å². The minimum atomic E-state index is 0.125. The highest BCUT2D eigenvalue weighted by atomic mass is 16.2. The molecule has 3 heterocycles. The molecule has 5 heteroatoms. The molecule has 2 N–H and O–H groups in total. The summed E-state index contributed by atoms with van der Waals surface area (Å²) in [7, 11) is 2.15. The van der Waals surface area contributed by atoms with E-state index in [1.54, 1.807) is 0 Å². The Kier molecular flexibility index (Phi) is 5.14. The number of piperidine rings is 2. The molecule has 0 spiro atoms. The zero-order valence-electron chi connectivity index (χ0n) is 13.3. The second kappa shape index (κ2) is 7.07. The van der Waals surface area contributed by atoms with E-state index in [0.29, 0.717) is 12.1 Å². The molecule has 21 heavy (non-hydrogen) atoms. The van der Waals surface area contributed by atoms with Crippen molar-refractivity contribution >= 4 is 5.91 Å². The van der Waals surface area contributed by atoms with Crippen molar-refractivity contribution in [1.82, 2.24) is 20.4 Å². The summed E-state index contributed by atoms with van der Waals surface area (Å²) in [6.07, 6.45) is 6.93. The van der Waals surface area contributed by atoms with Gasteiger partial charge in [-0.1, -0.05) is 0 Å². The van der Waals surface area contributed by atoms with E-state index in [1.165, 1.54) is 25.7 Å². The molecule has 0 aromatic heterocycles. The van der Waals surface area contributed by atoms with Crippen LogP contribution in [-0.4, -0.2) is 73.6 Å². The predicted octanol–water partition coefficient (Wildman–Crippen LogP) is 0.413. The van der Waals surface area contributed by atoms with E-state index in [0.717, 1.165) is 45.6 Å². The number of hydrogen-bond acceptors (Lipinski definition) is 4. The first-order valence-corrected chi connectivity index (χ1v) is 8.69. The molecular weight excluding hydrogens is 264 g/mol. The normalized spacial score (nSPS) is 33.2. The molecule has 3 aliphatic rings. The van der Waals surface area contributed by atoms with Crippen LogP contribution >= 0.6 is 0 Å². The largest absolute Gasteiger partial charge is 0.351 e. The summed E-state index contributed by atoms with van der Waals surface area (Å²) in [6, 6.07) is 1.09. The van der Waals surface area contributed by atoms with Crippen molar-refractivity contribution in [3.63, 3.8) is 0 Å². The average molecular weight is 294 g/mol. The van der Waals surface area contributed by atoms with E-state index in [4.69, 9.17) is 0 Å². The quantitative estimate of drug-likeness (QED) is 0.792. The first kappa shape index (κ1) is 15.3. The Bertz CT molecular complexity index is 356. The molecule has 0 aromatic rings. The van der Waals surface area contributed by atoms with Gasteiger partial charge in [-0.2, -0.15) is 0 Å². The third-order valence-electron chi connectivity index (χ3n) is 5.35. The van der Waals surface area contributed by atoms with Gasteiger partial charge in [0.25, 0.3) is 0 Å². The van der Waals surface area contributed by atoms with Gasteiger partial charge in [-0.3, -0.25) is 9.69 Å². The Morgan fingerprint density at radius 2 is 1.86 bits per heavy atom. The van der Waals surface area contributed by atoms with Crippen molar-refractivity contribution in [3.8, 4) is 0 Å². The van der Waals surface area contributed by atoms with Gasteiger partial charge in [0, 0.05) is 18.6 Å². The van der Waals surface area contributed by atoms with E-state index in [-0.39, 0.29) is 11.9 Å². The highest BCUT2D eigenvalue weighted by Crippen LogP contribution is 2.24. The number of likely N-dealkylation sites (N-methyl/N-ethyl adjacent to an activating group) is 1. The van der Waals surface area contributed by atoms with Gasteiger partial charge < -0.3 is 15.5 Å². The number of carbonyl (C=O) groups is 1. The van der Waals surface area contributed by atoms with Crippen molar-refractivity contribution in [2.75, 3.05) is 39.8 Å². The van der Waals surface area contributed by atoms with E-state index in [9.17, 15) is 4.79 Å². The van der Waals surface area contributed by atoms with E-state index < -0.39 is 0 Å². The van der Waals surface area contributed by atoms with Crippen molar-refractivity contribution in [2.24, 2.45) is 0 Å². The molecule has 0 aliphatic carbocycles. The minimum absolute atomic E-state index is 0.125. The summed E-state index contributed by atoms with van der Waals surface area (Å²) in [5.74, 6) is 0.284. The molecule has 0 aromatic carbocycles. The third-order valence-corrected chi connectivity index (χ3v) is 5.35. The van der Waals surface area contributed by atoms with Crippen molar-refractivity contribution in [1.29, 1.82) is 0 Å². The zero-order chi connectivity index (χ0) is 14.7. The van der Waals surface area contributed by atoms with Crippen molar-refractivity contribution < 1.29 is 4.79 Å². The van der Waals surface area contributed by atoms with Crippen LogP contribution in [-0.2, 0) is 4.79 Å². The lowest BCUT2D eigenvalue weighted by Crippen LogP contribution is -2.54. The SMILES string of the molecule is CN1CCCC(NC(=O)C2CCCN2C2CCNCC2)C1. The fraction of sp³-hybridized carbons (Fsp3) is 0.938. The lowest BCUT2D eigenvalue weighted by molar-refractivity contribution is -0.127. The van der Waals surface area contributed by atoms with Gasteiger partial charge >= 0.3 is 0 Å². The fourth-order valence-electron chi connectivity index (χ4n) is 4.23. The monoisotopic (exact) mass is 294 g/mol. The van der Waals surface area contributed by atoms with Gasteiger partial charge in [-0.15, -0.1) is 0 Å². The molecule has 3 aliphatic heterocycles. The molecule has 0 radical (unpaired) electrons. The summed E-state index contributed by atoms with van der Waals surface area (Å²) in [5.41, 5.74) is 0. The van der Waals surface area contributed by atoms with Crippen LogP contribution in [0.3, 0.4) is 0 Å². The Balaban J connectivity index is 1.55. The molecule has 3 saturated heterocycles. The number of nitrogens with zero attached hydrogens (tertiary/aromatic N) is 2. The standard InChI is InChI=1S/C16H30N4O/c1-19-10-2-4-13(12-19)18-16(21)15-5-3-11-20(15)14-6-8-17-9-7-14/h13-15,17H,2-12H2,1H3,(H,18,21). The van der Waals surface area contributed by atoms with Gasteiger partial charge in [-0.05, 0) is 71.8 Å². The van der Waals surface area contributed by atoms with Gasteiger partial charge in [0.1, 0.15) is 0 Å². The molecule has 0 bridgehead atoms. The number of nitrogens with one attached hydrogen (secondary N) is 2. The summed E-state index contributed by atoms with van der Waals surface area (Å²) >= 11 is 0. The van der Waals surface area contributed by atoms with Crippen LogP contribution in [0.1, 0.15) is 38.5 Å². The summed E-state index contributed by atoms with van der Waals surface area (Å²) in [5, 5.41) is 6.74. The van der Waals surface area contributed by atoms with E-state index in [2.05, 4.69) is 27.5 Å². The van der Waals surface area contributed by atoms with Crippen molar-refractivity contribution in [2.45, 2.75) is 56.7 Å². The van der Waals surface area contributed by atoms with Crippen LogP contribution in [0.4, 0.5) is 0 Å². The fourth-order valence-corrected chi connectivity index (χ4v) is 4.23. The Morgan fingerprint density at radius 3 is 2.62 bits per heavy atom. The number of rotatable bonds is 3. The predicted molar refractivity (Wildman–Crippen MR) is 84.3 cm³/mol. The van der Waals surface area contributed by atoms with Crippen LogP contribution in [0.15, 0.2) is 0 Å². The van der Waals surface area contributed by atoms with Crippen LogP contribution in [0.5, 0.6) is 0 Å². The minimum Gasteiger partial charge on any atom is -0.351 e. The van der Waals surface area contributed by atoms with Crippen LogP contribution in [0.25, 0.3) is 0 Å². The second-order valence-electron chi connectivity index (χ2n) is 6.99. The highest BCUT2D eigenvalue weighted by molar-refractivity contribution is 5.82. The first-order valence-electron chi connectivity index (χ1n) is 8.69. The second-order valence-corrected chi connectivity index (χ2v) is 6.99. The molecule has 0 saturated carbocycles. The number of carbonyl (C=O) groups excluding carboxylic acids is 1.